The largest absolute Gasteiger partial charge is 0.371 e. The van der Waals surface area contributed by atoms with E-state index in [2.05, 4.69) is 20.3 Å². The topological polar surface area (TPSA) is 50.7 Å². The number of nitrogens with one attached hydrogen (secondary N) is 1. The number of aryl methyl sites for hydroxylation is 1. The molecule has 20 heavy (non-hydrogen) atoms. The monoisotopic (exact) mass is 284 g/mol. The highest BCUT2D eigenvalue weighted by atomic mass is 35.5. The Kier molecular flexibility index (Phi) is 3.24. The Bertz CT molecular complexity index is 786. The highest BCUT2D eigenvalue weighted by Gasteiger charge is 2.09. The van der Waals surface area contributed by atoms with Crippen LogP contribution in [-0.2, 0) is 0 Å². The summed E-state index contributed by atoms with van der Waals surface area (Å²) in [6.45, 7) is 1.98. The number of fused-ring (bicyclic) bond motifs is 1. The van der Waals surface area contributed by atoms with Gasteiger partial charge in [0.1, 0.15) is 5.52 Å². The van der Waals surface area contributed by atoms with Gasteiger partial charge < -0.3 is 5.32 Å². The zero-order chi connectivity index (χ0) is 14.1. The normalized spacial score (nSPS) is 10.8. The maximum atomic E-state index is 6.18. The van der Waals surface area contributed by atoms with Gasteiger partial charge in [-0.2, -0.15) is 0 Å². The predicted octanol–water partition coefficient (Wildman–Crippen LogP) is 3.70. The van der Waals surface area contributed by atoms with E-state index < -0.39 is 0 Å². The molecule has 1 N–H and O–H groups in total. The number of benzene rings is 1. The van der Waals surface area contributed by atoms with Gasteiger partial charge in [0.2, 0.25) is 0 Å². The maximum absolute atomic E-state index is 6.18. The molecule has 0 saturated heterocycles. The molecule has 0 aliphatic heterocycles. The summed E-state index contributed by atoms with van der Waals surface area (Å²) in [5.41, 5.74) is 4.40. The van der Waals surface area contributed by atoms with Gasteiger partial charge >= 0.3 is 0 Å². The molecule has 100 valence electrons. The molecule has 4 nitrogen and oxygen atoms in total. The van der Waals surface area contributed by atoms with Crippen LogP contribution in [0, 0.1) is 6.92 Å². The van der Waals surface area contributed by atoms with Crippen molar-refractivity contribution in [1.29, 1.82) is 0 Å². The first kappa shape index (κ1) is 12.8. The number of aromatic nitrogens is 3. The fourth-order valence-corrected chi connectivity index (χ4v) is 2.23. The Balaban J connectivity index is 2.23. The van der Waals surface area contributed by atoms with Gasteiger partial charge in [-0.1, -0.05) is 23.7 Å². The number of hydrogen-bond acceptors (Lipinski definition) is 4. The van der Waals surface area contributed by atoms with Crippen LogP contribution in [0.4, 0.5) is 5.82 Å². The second-order valence-corrected chi connectivity index (χ2v) is 4.90. The fourth-order valence-electron chi connectivity index (χ4n) is 2.05. The SMILES string of the molecule is CNc1nc(-c2ccc(C)c(Cl)c2)cc2nccnc12. The minimum absolute atomic E-state index is 0.710. The quantitative estimate of drug-likeness (QED) is 0.780. The number of nitrogens with zero attached hydrogens (tertiary/aromatic N) is 3. The fraction of sp³-hybridized carbons (Fsp3) is 0.133. The van der Waals surface area contributed by atoms with Crippen LogP contribution in [0.25, 0.3) is 22.3 Å². The maximum Gasteiger partial charge on any atom is 0.154 e. The molecule has 5 heteroatoms. The summed E-state index contributed by atoms with van der Waals surface area (Å²) in [6, 6.07) is 7.83. The molecule has 0 aliphatic rings. The zero-order valence-electron chi connectivity index (χ0n) is 11.2. The molecule has 0 atom stereocenters. The van der Waals surface area contributed by atoms with Gasteiger partial charge in [0.25, 0.3) is 0 Å². The third-order valence-corrected chi connectivity index (χ3v) is 3.57. The molecule has 0 bridgehead atoms. The molecular formula is C15H13ClN4. The van der Waals surface area contributed by atoms with Crippen LogP contribution < -0.4 is 5.32 Å². The number of halogens is 1. The van der Waals surface area contributed by atoms with E-state index >= 15 is 0 Å². The van der Waals surface area contributed by atoms with Crippen molar-refractivity contribution >= 4 is 28.5 Å². The van der Waals surface area contributed by atoms with Crippen molar-refractivity contribution in [3.05, 3.63) is 47.2 Å². The van der Waals surface area contributed by atoms with Crippen molar-refractivity contribution in [3.8, 4) is 11.3 Å². The zero-order valence-corrected chi connectivity index (χ0v) is 11.9. The lowest BCUT2D eigenvalue weighted by Crippen LogP contribution is -1.98. The Hall–Kier alpha value is -2.20. The Morgan fingerprint density at radius 1 is 1.10 bits per heavy atom. The highest BCUT2D eigenvalue weighted by Crippen LogP contribution is 2.28. The molecule has 0 saturated carbocycles. The third kappa shape index (κ3) is 2.18. The first-order chi connectivity index (χ1) is 9.69. The molecule has 2 heterocycles. The average Bonchev–Trinajstić information content (AvgIpc) is 2.49. The second kappa shape index (κ2) is 5.06. The summed E-state index contributed by atoms with van der Waals surface area (Å²) >= 11 is 6.18. The van der Waals surface area contributed by atoms with Crippen LogP contribution >= 0.6 is 11.6 Å². The van der Waals surface area contributed by atoms with E-state index in [1.165, 1.54) is 0 Å². The molecule has 0 fully saturated rings. The number of hydrogen-bond donors (Lipinski definition) is 1. The molecule has 3 rings (SSSR count). The molecule has 2 aromatic heterocycles. The number of rotatable bonds is 2. The number of anilines is 1. The molecule has 0 aliphatic carbocycles. The predicted molar refractivity (Wildman–Crippen MR) is 82.1 cm³/mol. The van der Waals surface area contributed by atoms with Crippen molar-refractivity contribution in [1.82, 2.24) is 15.0 Å². The van der Waals surface area contributed by atoms with Crippen LogP contribution in [0.15, 0.2) is 36.7 Å². The lowest BCUT2D eigenvalue weighted by atomic mass is 10.1. The summed E-state index contributed by atoms with van der Waals surface area (Å²) in [5.74, 6) is 0.710. The average molecular weight is 285 g/mol. The lowest BCUT2D eigenvalue weighted by molar-refractivity contribution is 1.23. The van der Waals surface area contributed by atoms with Gasteiger partial charge in [-0.25, -0.2) is 9.97 Å². The molecular weight excluding hydrogens is 272 g/mol. The summed E-state index contributed by atoms with van der Waals surface area (Å²) in [5, 5.41) is 3.79. The van der Waals surface area contributed by atoms with Crippen LogP contribution in [0.2, 0.25) is 5.02 Å². The van der Waals surface area contributed by atoms with E-state index in [0.29, 0.717) is 5.82 Å². The van der Waals surface area contributed by atoms with E-state index in [1.807, 2.05) is 38.2 Å². The van der Waals surface area contributed by atoms with Gasteiger partial charge in [0.15, 0.2) is 5.82 Å². The minimum atomic E-state index is 0.710. The van der Waals surface area contributed by atoms with Gasteiger partial charge in [0, 0.05) is 30.0 Å². The summed E-state index contributed by atoms with van der Waals surface area (Å²) in [4.78, 5) is 13.2. The Morgan fingerprint density at radius 3 is 2.65 bits per heavy atom. The van der Waals surface area contributed by atoms with Crippen molar-refractivity contribution < 1.29 is 0 Å². The van der Waals surface area contributed by atoms with E-state index in [9.17, 15) is 0 Å². The molecule has 3 aromatic rings. The van der Waals surface area contributed by atoms with Crippen molar-refractivity contribution in [3.63, 3.8) is 0 Å². The van der Waals surface area contributed by atoms with E-state index in [1.54, 1.807) is 12.4 Å². The van der Waals surface area contributed by atoms with Crippen LogP contribution in [0.5, 0.6) is 0 Å². The molecule has 0 radical (unpaired) electrons. The van der Waals surface area contributed by atoms with Crippen LogP contribution in [0.1, 0.15) is 5.56 Å². The van der Waals surface area contributed by atoms with Crippen LogP contribution in [-0.4, -0.2) is 22.0 Å². The molecule has 0 unspecified atom stereocenters. The van der Waals surface area contributed by atoms with Crippen LogP contribution in [0.3, 0.4) is 0 Å². The summed E-state index contributed by atoms with van der Waals surface area (Å²) < 4.78 is 0. The molecule has 1 aromatic carbocycles. The number of pyridine rings is 1. The van der Waals surface area contributed by atoms with Gasteiger partial charge in [0.05, 0.1) is 11.2 Å². The van der Waals surface area contributed by atoms with E-state index in [4.69, 9.17) is 11.6 Å². The minimum Gasteiger partial charge on any atom is -0.371 e. The molecule has 0 spiro atoms. The van der Waals surface area contributed by atoms with Gasteiger partial charge in [-0.05, 0) is 24.6 Å². The van der Waals surface area contributed by atoms with Crippen molar-refractivity contribution in [2.75, 3.05) is 12.4 Å². The van der Waals surface area contributed by atoms with Gasteiger partial charge in [-0.3, -0.25) is 4.98 Å². The third-order valence-electron chi connectivity index (χ3n) is 3.16. The smallest absolute Gasteiger partial charge is 0.154 e. The first-order valence-corrected chi connectivity index (χ1v) is 6.63. The summed E-state index contributed by atoms with van der Waals surface area (Å²) in [6.07, 6.45) is 3.33. The van der Waals surface area contributed by atoms with Crippen molar-refractivity contribution in [2.45, 2.75) is 6.92 Å². The van der Waals surface area contributed by atoms with E-state index in [-0.39, 0.29) is 0 Å². The Morgan fingerprint density at radius 2 is 1.90 bits per heavy atom. The van der Waals surface area contributed by atoms with Crippen molar-refractivity contribution in [2.24, 2.45) is 0 Å². The summed E-state index contributed by atoms with van der Waals surface area (Å²) in [7, 11) is 1.82. The first-order valence-electron chi connectivity index (χ1n) is 6.25. The standard InChI is InChI=1S/C15H13ClN4/c1-9-3-4-10(7-11(9)16)12-8-13-14(15(17-2)20-12)19-6-5-18-13/h3-8H,1-2H3,(H,17,20). The van der Waals surface area contributed by atoms with E-state index in [0.717, 1.165) is 32.9 Å². The highest BCUT2D eigenvalue weighted by molar-refractivity contribution is 6.31. The lowest BCUT2D eigenvalue weighted by Gasteiger charge is -2.08. The Labute approximate surface area is 121 Å². The molecule has 0 amide bonds. The second-order valence-electron chi connectivity index (χ2n) is 4.49. The van der Waals surface area contributed by atoms with Gasteiger partial charge in [-0.15, -0.1) is 0 Å².